The van der Waals surface area contributed by atoms with Gasteiger partial charge in [-0.25, -0.2) is 0 Å². The summed E-state index contributed by atoms with van der Waals surface area (Å²) in [6, 6.07) is 16.4. The van der Waals surface area contributed by atoms with Gasteiger partial charge in [0.2, 0.25) is 0 Å². The number of aryl methyl sites for hydroxylation is 2. The Labute approximate surface area is 160 Å². The molecule has 0 radical (unpaired) electrons. The Morgan fingerprint density at radius 2 is 1.71 bits per heavy atom. The monoisotopic (exact) mass is 382 g/mol. The van der Waals surface area contributed by atoms with Crippen LogP contribution in [0.2, 0.25) is 0 Å². The smallest absolute Gasteiger partial charge is 0.303 e. The zero-order valence-corrected chi connectivity index (χ0v) is 15.3. The summed E-state index contributed by atoms with van der Waals surface area (Å²) < 4.78 is 41.7. The third kappa shape index (κ3) is 3.70. The molecule has 0 saturated carbocycles. The molecule has 3 nitrogen and oxygen atoms in total. The predicted octanol–water partition coefficient (Wildman–Crippen LogP) is 5.07. The normalized spacial score (nSPS) is 11.3. The van der Waals surface area contributed by atoms with Crippen molar-refractivity contribution in [3.8, 4) is 17.3 Å². The van der Waals surface area contributed by atoms with Crippen LogP contribution >= 0.6 is 0 Å². The molecule has 6 heteroatoms. The van der Waals surface area contributed by atoms with E-state index < -0.39 is 22.9 Å². The van der Waals surface area contributed by atoms with Gasteiger partial charge in [-0.2, -0.15) is 18.4 Å². The molecule has 0 aliphatic carbocycles. The lowest BCUT2D eigenvalue weighted by atomic mass is 10.0. The van der Waals surface area contributed by atoms with Gasteiger partial charge in [-0.3, -0.25) is 4.79 Å². The summed E-state index contributed by atoms with van der Waals surface area (Å²) in [7, 11) is 0. The van der Waals surface area contributed by atoms with Crippen LogP contribution in [0.3, 0.4) is 0 Å². The lowest BCUT2D eigenvalue weighted by Crippen LogP contribution is -2.29. The van der Waals surface area contributed by atoms with E-state index in [4.69, 9.17) is 0 Å². The molecule has 1 heterocycles. The first kappa shape index (κ1) is 19.4. The SMILES string of the molecule is Cc1ccc(C)c(Cn2c(-c3ccccc3)cc(C(F)(F)F)c(C#N)c2=O)c1. The molecule has 1 aromatic heterocycles. The molecule has 28 heavy (non-hydrogen) atoms. The lowest BCUT2D eigenvalue weighted by Gasteiger charge is -2.18. The van der Waals surface area contributed by atoms with Crippen molar-refractivity contribution >= 4 is 0 Å². The maximum absolute atomic E-state index is 13.5. The zero-order chi connectivity index (χ0) is 20.5. The second-order valence-electron chi connectivity index (χ2n) is 6.62. The highest BCUT2D eigenvalue weighted by molar-refractivity contribution is 5.62. The molecule has 0 atom stereocenters. The molecule has 0 spiro atoms. The summed E-state index contributed by atoms with van der Waals surface area (Å²) in [6.45, 7) is 3.85. The molecule has 0 amide bonds. The van der Waals surface area contributed by atoms with Crippen LogP contribution in [0.15, 0.2) is 59.4 Å². The summed E-state index contributed by atoms with van der Waals surface area (Å²) in [5.41, 5.74) is 0.239. The number of hydrogen-bond acceptors (Lipinski definition) is 2. The molecular formula is C22H17F3N2O. The minimum Gasteiger partial charge on any atom is -0.303 e. The molecule has 0 aliphatic heterocycles. The van der Waals surface area contributed by atoms with Crippen molar-refractivity contribution in [3.05, 3.63) is 92.8 Å². The number of nitrogens with zero attached hydrogens (tertiary/aromatic N) is 2. The van der Waals surface area contributed by atoms with E-state index >= 15 is 0 Å². The van der Waals surface area contributed by atoms with Crippen molar-refractivity contribution in [2.45, 2.75) is 26.6 Å². The van der Waals surface area contributed by atoms with Gasteiger partial charge in [0.15, 0.2) is 0 Å². The van der Waals surface area contributed by atoms with Crippen molar-refractivity contribution in [2.24, 2.45) is 0 Å². The zero-order valence-electron chi connectivity index (χ0n) is 15.3. The van der Waals surface area contributed by atoms with Crippen LogP contribution in [0, 0.1) is 25.2 Å². The van der Waals surface area contributed by atoms with Crippen molar-refractivity contribution in [3.63, 3.8) is 0 Å². The minimum atomic E-state index is -4.80. The fraction of sp³-hybridized carbons (Fsp3) is 0.182. The second kappa shape index (κ2) is 7.35. The third-order valence-corrected chi connectivity index (χ3v) is 4.62. The fourth-order valence-corrected chi connectivity index (χ4v) is 3.12. The molecule has 142 valence electrons. The van der Waals surface area contributed by atoms with Crippen LogP contribution in [0.4, 0.5) is 13.2 Å². The molecule has 0 saturated heterocycles. The largest absolute Gasteiger partial charge is 0.417 e. The average Bonchev–Trinajstić information content (AvgIpc) is 2.65. The molecule has 0 fully saturated rings. The van der Waals surface area contributed by atoms with Crippen LogP contribution in [0.1, 0.15) is 27.8 Å². The van der Waals surface area contributed by atoms with Crippen LogP contribution in [0.5, 0.6) is 0 Å². The van der Waals surface area contributed by atoms with Gasteiger partial charge in [-0.05, 0) is 36.6 Å². The van der Waals surface area contributed by atoms with Gasteiger partial charge in [0.05, 0.1) is 17.8 Å². The summed E-state index contributed by atoms with van der Waals surface area (Å²) in [5.74, 6) is 0. The van der Waals surface area contributed by atoms with Gasteiger partial charge in [0.1, 0.15) is 11.6 Å². The summed E-state index contributed by atoms with van der Waals surface area (Å²) in [4.78, 5) is 12.9. The van der Waals surface area contributed by atoms with E-state index in [1.165, 1.54) is 10.6 Å². The Morgan fingerprint density at radius 3 is 2.32 bits per heavy atom. The van der Waals surface area contributed by atoms with Crippen LogP contribution in [-0.2, 0) is 12.7 Å². The Hall–Kier alpha value is -3.33. The van der Waals surface area contributed by atoms with Crippen molar-refractivity contribution in [1.82, 2.24) is 4.57 Å². The van der Waals surface area contributed by atoms with Crippen molar-refractivity contribution < 1.29 is 13.2 Å². The highest BCUT2D eigenvalue weighted by atomic mass is 19.4. The van der Waals surface area contributed by atoms with Gasteiger partial charge in [-0.1, -0.05) is 54.1 Å². The number of benzene rings is 2. The van der Waals surface area contributed by atoms with E-state index in [1.807, 2.05) is 32.0 Å². The maximum atomic E-state index is 13.5. The lowest BCUT2D eigenvalue weighted by molar-refractivity contribution is -0.137. The number of pyridine rings is 1. The first-order valence-corrected chi connectivity index (χ1v) is 8.59. The van der Waals surface area contributed by atoms with Crippen molar-refractivity contribution in [1.29, 1.82) is 5.26 Å². The third-order valence-electron chi connectivity index (χ3n) is 4.62. The standard InChI is InChI=1S/C22H17F3N2O/c1-14-8-9-15(2)17(10-14)13-27-20(16-6-4-3-5-7-16)11-19(22(23,24)25)18(12-26)21(27)28/h3-11H,13H2,1-2H3. The van der Waals surface area contributed by atoms with Gasteiger partial charge >= 0.3 is 6.18 Å². The highest BCUT2D eigenvalue weighted by Crippen LogP contribution is 2.33. The molecule has 3 rings (SSSR count). The van der Waals surface area contributed by atoms with Crippen LogP contribution in [0.25, 0.3) is 11.3 Å². The van der Waals surface area contributed by atoms with E-state index in [9.17, 15) is 23.2 Å². The summed E-state index contributed by atoms with van der Waals surface area (Å²) >= 11 is 0. The van der Waals surface area contributed by atoms with E-state index in [0.717, 1.165) is 22.8 Å². The number of halogens is 3. The number of nitriles is 1. The predicted molar refractivity (Wildman–Crippen MR) is 101 cm³/mol. The van der Waals surface area contributed by atoms with Gasteiger partial charge < -0.3 is 4.57 Å². The van der Waals surface area contributed by atoms with Gasteiger partial charge in [-0.15, -0.1) is 0 Å². The molecule has 3 aromatic rings. The van der Waals surface area contributed by atoms with Crippen molar-refractivity contribution in [2.75, 3.05) is 0 Å². The quantitative estimate of drug-likeness (QED) is 0.635. The Bertz CT molecular complexity index is 1120. The molecule has 0 unspecified atom stereocenters. The van der Waals surface area contributed by atoms with Crippen LogP contribution < -0.4 is 5.56 Å². The van der Waals surface area contributed by atoms with Crippen LogP contribution in [-0.4, -0.2) is 4.57 Å². The molecule has 0 aliphatic rings. The minimum absolute atomic E-state index is 0.0728. The summed E-state index contributed by atoms with van der Waals surface area (Å²) in [5, 5.41) is 9.25. The van der Waals surface area contributed by atoms with E-state index in [1.54, 1.807) is 30.3 Å². The number of rotatable bonds is 3. The topological polar surface area (TPSA) is 45.8 Å². The average molecular weight is 382 g/mol. The van der Waals surface area contributed by atoms with E-state index in [-0.39, 0.29) is 12.2 Å². The van der Waals surface area contributed by atoms with E-state index in [0.29, 0.717) is 5.56 Å². The Kier molecular flexibility index (Phi) is 5.10. The Balaban J connectivity index is 2.33. The number of alkyl halides is 3. The fourth-order valence-electron chi connectivity index (χ4n) is 3.12. The number of hydrogen-bond donors (Lipinski definition) is 0. The van der Waals surface area contributed by atoms with Gasteiger partial charge in [0.25, 0.3) is 5.56 Å². The molecule has 0 bridgehead atoms. The first-order chi connectivity index (χ1) is 13.2. The maximum Gasteiger partial charge on any atom is 0.417 e. The number of aromatic nitrogens is 1. The molecule has 2 aromatic carbocycles. The second-order valence-corrected chi connectivity index (χ2v) is 6.62. The molecular weight excluding hydrogens is 365 g/mol. The molecule has 0 N–H and O–H groups in total. The first-order valence-electron chi connectivity index (χ1n) is 8.59. The summed E-state index contributed by atoms with van der Waals surface area (Å²) in [6.07, 6.45) is -4.80. The van der Waals surface area contributed by atoms with E-state index in [2.05, 4.69) is 0 Å². The van der Waals surface area contributed by atoms with Gasteiger partial charge in [0, 0.05) is 0 Å². The Morgan fingerprint density at radius 1 is 1.04 bits per heavy atom. The highest BCUT2D eigenvalue weighted by Gasteiger charge is 2.36.